The summed E-state index contributed by atoms with van der Waals surface area (Å²) in [5, 5.41) is 7.38. The Hall–Kier alpha value is -2.21. The van der Waals surface area contributed by atoms with Crippen molar-refractivity contribution in [3.05, 3.63) is 72.2 Å². The van der Waals surface area contributed by atoms with E-state index in [4.69, 9.17) is 5.73 Å². The third-order valence-electron chi connectivity index (χ3n) is 5.11. The second kappa shape index (κ2) is 8.45. The molecule has 2 atom stereocenters. The molecule has 6 heteroatoms. The fraction of sp³-hybridized carbons (Fsp3) is 0.300. The van der Waals surface area contributed by atoms with Crippen LogP contribution in [0.15, 0.2) is 61.1 Å². The number of rotatable bonds is 5. The highest BCUT2D eigenvalue weighted by Crippen LogP contribution is 2.33. The minimum Gasteiger partial charge on any atom is -0.330 e. The Morgan fingerprint density at radius 3 is 2.65 bits per heavy atom. The van der Waals surface area contributed by atoms with Crippen LogP contribution in [0.2, 0.25) is 0 Å². The van der Waals surface area contributed by atoms with Gasteiger partial charge in [-0.05, 0) is 30.2 Å². The van der Waals surface area contributed by atoms with Crippen LogP contribution in [0.4, 0.5) is 0 Å². The Labute approximate surface area is 160 Å². The number of nitrogens with two attached hydrogens (primary N) is 1. The minimum absolute atomic E-state index is 0. The first-order chi connectivity index (χ1) is 12.3. The lowest BCUT2D eigenvalue weighted by atomic mass is 9.89. The molecule has 0 amide bonds. The Morgan fingerprint density at radius 1 is 1.08 bits per heavy atom. The van der Waals surface area contributed by atoms with Crippen LogP contribution >= 0.6 is 12.4 Å². The van der Waals surface area contributed by atoms with Gasteiger partial charge in [0.25, 0.3) is 0 Å². The van der Waals surface area contributed by atoms with E-state index in [2.05, 4.69) is 56.5 Å². The van der Waals surface area contributed by atoms with Crippen LogP contribution < -0.4 is 5.73 Å². The quantitative estimate of drug-likeness (QED) is 0.725. The van der Waals surface area contributed by atoms with Crippen LogP contribution in [-0.2, 0) is 6.54 Å². The first kappa shape index (κ1) is 18.6. The fourth-order valence-corrected chi connectivity index (χ4v) is 3.84. The number of aromatic amines is 1. The van der Waals surface area contributed by atoms with E-state index in [1.54, 1.807) is 6.20 Å². The number of halogens is 1. The molecule has 1 aliphatic rings. The number of pyridine rings is 1. The van der Waals surface area contributed by atoms with Gasteiger partial charge in [0.15, 0.2) is 0 Å². The molecule has 5 nitrogen and oxygen atoms in total. The van der Waals surface area contributed by atoms with Crippen molar-refractivity contribution < 1.29 is 0 Å². The van der Waals surface area contributed by atoms with Crippen LogP contribution in [0.5, 0.6) is 0 Å². The summed E-state index contributed by atoms with van der Waals surface area (Å²) in [6.45, 7) is 3.65. The molecule has 26 heavy (non-hydrogen) atoms. The number of benzene rings is 1. The molecule has 1 fully saturated rings. The van der Waals surface area contributed by atoms with Crippen molar-refractivity contribution in [1.29, 1.82) is 0 Å². The van der Waals surface area contributed by atoms with E-state index in [9.17, 15) is 0 Å². The molecule has 2 aromatic heterocycles. The van der Waals surface area contributed by atoms with E-state index in [1.807, 2.05) is 18.5 Å². The smallest absolute Gasteiger partial charge is 0.0710 e. The number of aromatic nitrogens is 3. The highest BCUT2D eigenvalue weighted by Gasteiger charge is 2.33. The summed E-state index contributed by atoms with van der Waals surface area (Å²) in [6.07, 6.45) is 5.59. The van der Waals surface area contributed by atoms with Gasteiger partial charge in [-0.15, -0.1) is 12.4 Å². The minimum atomic E-state index is 0. The van der Waals surface area contributed by atoms with Gasteiger partial charge >= 0.3 is 0 Å². The van der Waals surface area contributed by atoms with E-state index in [0.717, 1.165) is 37.4 Å². The van der Waals surface area contributed by atoms with Crippen LogP contribution in [0.1, 0.15) is 17.0 Å². The van der Waals surface area contributed by atoms with Crippen molar-refractivity contribution in [1.82, 2.24) is 20.1 Å². The molecule has 4 rings (SSSR count). The van der Waals surface area contributed by atoms with Crippen LogP contribution in [0.3, 0.4) is 0 Å². The number of hydrogen-bond donors (Lipinski definition) is 2. The molecule has 1 saturated heterocycles. The van der Waals surface area contributed by atoms with E-state index >= 15 is 0 Å². The third-order valence-corrected chi connectivity index (χ3v) is 5.11. The van der Waals surface area contributed by atoms with Gasteiger partial charge in [0, 0.05) is 49.1 Å². The molecule has 3 heterocycles. The number of nitrogens with zero attached hydrogens (tertiary/aromatic N) is 3. The first-order valence-electron chi connectivity index (χ1n) is 8.75. The van der Waals surface area contributed by atoms with Gasteiger partial charge in [-0.3, -0.25) is 15.0 Å². The topological polar surface area (TPSA) is 70.8 Å². The van der Waals surface area contributed by atoms with Crippen molar-refractivity contribution in [3.8, 4) is 11.3 Å². The lowest BCUT2D eigenvalue weighted by Crippen LogP contribution is -2.23. The second-order valence-corrected chi connectivity index (χ2v) is 6.72. The van der Waals surface area contributed by atoms with Gasteiger partial charge in [0.1, 0.15) is 0 Å². The number of hydrogen-bond acceptors (Lipinski definition) is 4. The molecule has 3 aromatic rings. The van der Waals surface area contributed by atoms with Gasteiger partial charge in [0.05, 0.1) is 11.9 Å². The van der Waals surface area contributed by atoms with Gasteiger partial charge in [-0.2, -0.15) is 5.10 Å². The molecule has 0 bridgehead atoms. The van der Waals surface area contributed by atoms with E-state index in [0.29, 0.717) is 11.8 Å². The van der Waals surface area contributed by atoms with Gasteiger partial charge in [0.2, 0.25) is 0 Å². The van der Waals surface area contributed by atoms with Crippen LogP contribution in [0.25, 0.3) is 11.3 Å². The molecule has 0 aliphatic carbocycles. The number of H-pyrrole nitrogens is 1. The summed E-state index contributed by atoms with van der Waals surface area (Å²) in [7, 11) is 0. The van der Waals surface area contributed by atoms with Crippen molar-refractivity contribution in [2.75, 3.05) is 19.6 Å². The highest BCUT2D eigenvalue weighted by atomic mass is 35.5. The average molecular weight is 370 g/mol. The van der Waals surface area contributed by atoms with Crippen LogP contribution in [0, 0.1) is 5.92 Å². The fourth-order valence-electron chi connectivity index (χ4n) is 3.84. The Morgan fingerprint density at radius 2 is 1.92 bits per heavy atom. The maximum absolute atomic E-state index is 6.06. The summed E-state index contributed by atoms with van der Waals surface area (Å²) in [5.74, 6) is 0.996. The largest absolute Gasteiger partial charge is 0.330 e. The first-order valence-corrected chi connectivity index (χ1v) is 8.75. The third kappa shape index (κ3) is 3.80. The van der Waals surface area contributed by atoms with E-state index in [-0.39, 0.29) is 12.4 Å². The van der Waals surface area contributed by atoms with Crippen molar-refractivity contribution >= 4 is 12.4 Å². The molecule has 1 aromatic carbocycles. The standard InChI is InChI=1S/C20H23N5.ClH/c21-9-17-12-25(14-19(17)15-5-2-1-3-6-15)13-18-11-23-24-20(18)16-7-4-8-22-10-16;/h1-8,10-11,17,19H,9,12-14,21H2,(H,23,24);1H/t17-,19+;/m1./s1. The molecular formula is C20H24ClN5. The number of likely N-dealkylation sites (tertiary alicyclic amines) is 1. The summed E-state index contributed by atoms with van der Waals surface area (Å²) in [6, 6.07) is 14.7. The van der Waals surface area contributed by atoms with Gasteiger partial charge in [-0.1, -0.05) is 30.3 Å². The normalized spacial score (nSPS) is 20.0. The molecule has 1 aliphatic heterocycles. The average Bonchev–Trinajstić information content (AvgIpc) is 3.30. The highest BCUT2D eigenvalue weighted by molar-refractivity contribution is 5.85. The van der Waals surface area contributed by atoms with Gasteiger partial charge < -0.3 is 5.73 Å². The predicted molar refractivity (Wildman–Crippen MR) is 106 cm³/mol. The molecule has 0 saturated carbocycles. The Bertz CT molecular complexity index is 805. The molecule has 0 unspecified atom stereocenters. The molecule has 0 spiro atoms. The lowest BCUT2D eigenvalue weighted by Gasteiger charge is -2.17. The summed E-state index contributed by atoms with van der Waals surface area (Å²) < 4.78 is 0. The zero-order valence-corrected chi connectivity index (χ0v) is 15.4. The van der Waals surface area contributed by atoms with Crippen molar-refractivity contribution in [2.24, 2.45) is 11.7 Å². The molecule has 136 valence electrons. The monoisotopic (exact) mass is 369 g/mol. The van der Waals surface area contributed by atoms with E-state index in [1.165, 1.54) is 11.1 Å². The summed E-state index contributed by atoms with van der Waals surface area (Å²) >= 11 is 0. The Balaban J connectivity index is 0.00000196. The zero-order chi connectivity index (χ0) is 17.1. The van der Waals surface area contributed by atoms with E-state index < -0.39 is 0 Å². The number of nitrogens with one attached hydrogen (secondary N) is 1. The van der Waals surface area contributed by atoms with Crippen LogP contribution in [-0.4, -0.2) is 39.7 Å². The maximum Gasteiger partial charge on any atom is 0.0710 e. The second-order valence-electron chi connectivity index (χ2n) is 6.72. The SMILES string of the molecule is Cl.NC[C@@H]1CN(Cc2cn[nH]c2-c2cccnc2)C[C@H]1c1ccccc1. The molecule has 0 radical (unpaired) electrons. The lowest BCUT2D eigenvalue weighted by molar-refractivity contribution is 0.317. The summed E-state index contributed by atoms with van der Waals surface area (Å²) in [5.41, 5.74) is 10.8. The predicted octanol–water partition coefficient (Wildman–Crippen LogP) is 3.07. The van der Waals surface area contributed by atoms with Gasteiger partial charge in [-0.25, -0.2) is 0 Å². The Kier molecular flexibility index (Phi) is 6.04. The maximum atomic E-state index is 6.06. The van der Waals surface area contributed by atoms with Crippen molar-refractivity contribution in [2.45, 2.75) is 12.5 Å². The molecular weight excluding hydrogens is 346 g/mol. The zero-order valence-electron chi connectivity index (χ0n) is 14.6. The van der Waals surface area contributed by atoms with Crippen molar-refractivity contribution in [3.63, 3.8) is 0 Å². The summed E-state index contributed by atoms with van der Waals surface area (Å²) in [4.78, 5) is 6.70. The molecule has 3 N–H and O–H groups in total.